The second-order valence-corrected chi connectivity index (χ2v) is 3.83. The standard InChI is InChI=1S/C13H18F/c1-5-9(3)12-10(4)7-8-11(6-2)13(12)14/h8-9H,5-6H2,1-4H3. The molecule has 77 valence electrons. The minimum Gasteiger partial charge on any atom is -0.206 e. The number of hydrogen-bond acceptors (Lipinski definition) is 0. The molecule has 0 saturated heterocycles. The van der Waals surface area contributed by atoms with Crippen molar-refractivity contribution in [3.63, 3.8) is 0 Å². The van der Waals surface area contributed by atoms with Gasteiger partial charge in [-0.1, -0.05) is 20.8 Å². The third-order valence-corrected chi connectivity index (χ3v) is 2.87. The average molecular weight is 193 g/mol. The van der Waals surface area contributed by atoms with Crippen molar-refractivity contribution in [2.75, 3.05) is 0 Å². The molecule has 0 spiro atoms. The molecule has 0 aliphatic carbocycles. The van der Waals surface area contributed by atoms with Crippen LogP contribution in [0.25, 0.3) is 0 Å². The first kappa shape index (κ1) is 11.2. The first-order valence-corrected chi connectivity index (χ1v) is 5.31. The second-order valence-electron chi connectivity index (χ2n) is 3.83. The predicted octanol–water partition coefficient (Wildman–Crippen LogP) is 4.01. The van der Waals surface area contributed by atoms with Crippen LogP contribution in [-0.2, 0) is 6.42 Å². The molecular weight excluding hydrogens is 175 g/mol. The summed E-state index contributed by atoms with van der Waals surface area (Å²) >= 11 is 0. The van der Waals surface area contributed by atoms with Gasteiger partial charge in [0.05, 0.1) is 0 Å². The van der Waals surface area contributed by atoms with Gasteiger partial charge in [0.15, 0.2) is 0 Å². The monoisotopic (exact) mass is 193 g/mol. The molecule has 1 radical (unpaired) electrons. The van der Waals surface area contributed by atoms with Crippen molar-refractivity contribution in [2.24, 2.45) is 0 Å². The molecule has 1 rings (SSSR count). The first-order chi connectivity index (χ1) is 6.61. The molecule has 1 aromatic carbocycles. The Balaban J connectivity index is 3.25. The molecule has 0 saturated carbocycles. The van der Waals surface area contributed by atoms with Crippen LogP contribution in [0.1, 0.15) is 49.8 Å². The van der Waals surface area contributed by atoms with Crippen LogP contribution < -0.4 is 0 Å². The van der Waals surface area contributed by atoms with Gasteiger partial charge in [0.2, 0.25) is 0 Å². The number of hydrogen-bond donors (Lipinski definition) is 0. The maximum absolute atomic E-state index is 14.0. The maximum Gasteiger partial charge on any atom is 0.130 e. The van der Waals surface area contributed by atoms with E-state index in [0.717, 1.165) is 29.5 Å². The fourth-order valence-corrected chi connectivity index (χ4v) is 1.72. The van der Waals surface area contributed by atoms with Gasteiger partial charge in [-0.3, -0.25) is 0 Å². The highest BCUT2D eigenvalue weighted by Crippen LogP contribution is 2.27. The van der Waals surface area contributed by atoms with Crippen LogP contribution in [0.5, 0.6) is 0 Å². The van der Waals surface area contributed by atoms with E-state index in [9.17, 15) is 4.39 Å². The van der Waals surface area contributed by atoms with Crippen molar-refractivity contribution < 1.29 is 4.39 Å². The molecule has 1 heteroatoms. The number of rotatable bonds is 3. The van der Waals surface area contributed by atoms with Crippen LogP contribution in [0.15, 0.2) is 6.07 Å². The van der Waals surface area contributed by atoms with Gasteiger partial charge in [-0.05, 0) is 54.5 Å². The topological polar surface area (TPSA) is 0 Å². The van der Waals surface area contributed by atoms with Gasteiger partial charge in [0, 0.05) is 0 Å². The second kappa shape index (κ2) is 4.59. The highest BCUT2D eigenvalue weighted by Gasteiger charge is 2.14. The first-order valence-electron chi connectivity index (χ1n) is 5.31. The lowest BCUT2D eigenvalue weighted by molar-refractivity contribution is 0.568. The molecule has 0 N–H and O–H groups in total. The molecule has 0 nitrogen and oxygen atoms in total. The molecule has 0 bridgehead atoms. The van der Waals surface area contributed by atoms with E-state index in [1.807, 2.05) is 13.8 Å². The molecule has 0 fully saturated rings. The molecule has 0 heterocycles. The van der Waals surface area contributed by atoms with Crippen molar-refractivity contribution in [2.45, 2.75) is 46.5 Å². The summed E-state index contributed by atoms with van der Waals surface area (Å²) in [4.78, 5) is 0. The molecule has 1 aromatic rings. The Labute approximate surface area is 86.2 Å². The number of halogens is 1. The van der Waals surface area contributed by atoms with E-state index >= 15 is 0 Å². The van der Waals surface area contributed by atoms with E-state index in [4.69, 9.17) is 0 Å². The minimum atomic E-state index is -0.0156. The predicted molar refractivity (Wildman–Crippen MR) is 58.1 cm³/mol. The van der Waals surface area contributed by atoms with Crippen molar-refractivity contribution >= 4 is 0 Å². The van der Waals surface area contributed by atoms with Gasteiger partial charge < -0.3 is 0 Å². The molecule has 0 aliphatic heterocycles. The molecule has 1 atom stereocenters. The van der Waals surface area contributed by atoms with Gasteiger partial charge in [-0.15, -0.1) is 0 Å². The molecule has 14 heavy (non-hydrogen) atoms. The summed E-state index contributed by atoms with van der Waals surface area (Å²) in [5.74, 6) is 0.274. The van der Waals surface area contributed by atoms with Crippen LogP contribution in [0.4, 0.5) is 4.39 Å². The number of benzene rings is 1. The lowest BCUT2D eigenvalue weighted by Crippen LogP contribution is -2.03. The lowest BCUT2D eigenvalue weighted by atomic mass is 9.91. The molecular formula is C13H18F. The van der Waals surface area contributed by atoms with Crippen LogP contribution in [-0.4, -0.2) is 0 Å². The van der Waals surface area contributed by atoms with Gasteiger partial charge in [0.1, 0.15) is 5.82 Å². The zero-order valence-corrected chi connectivity index (χ0v) is 9.45. The van der Waals surface area contributed by atoms with Crippen LogP contribution >= 0.6 is 0 Å². The summed E-state index contributed by atoms with van der Waals surface area (Å²) in [6, 6.07) is 4.91. The Bertz CT molecular complexity index is 315. The SMILES string of the molecule is CCc1c[c]c(C)c(C(C)CC)c1F. The van der Waals surface area contributed by atoms with Gasteiger partial charge in [0.25, 0.3) is 0 Å². The molecule has 1 unspecified atom stereocenters. The number of aryl methyl sites for hydroxylation is 2. The molecule has 0 aliphatic rings. The van der Waals surface area contributed by atoms with Gasteiger partial charge >= 0.3 is 0 Å². The lowest BCUT2D eigenvalue weighted by Gasteiger charge is -2.15. The Morgan fingerprint density at radius 1 is 1.43 bits per heavy atom. The fourth-order valence-electron chi connectivity index (χ4n) is 1.72. The van der Waals surface area contributed by atoms with Crippen molar-refractivity contribution in [3.8, 4) is 0 Å². The van der Waals surface area contributed by atoms with Crippen molar-refractivity contribution in [3.05, 3.63) is 34.6 Å². The summed E-state index contributed by atoms with van der Waals surface area (Å²) in [5, 5.41) is 0. The summed E-state index contributed by atoms with van der Waals surface area (Å²) in [7, 11) is 0. The average Bonchev–Trinajstić information content (AvgIpc) is 2.18. The van der Waals surface area contributed by atoms with E-state index in [2.05, 4.69) is 19.9 Å². The quantitative estimate of drug-likeness (QED) is 0.680. The highest BCUT2D eigenvalue weighted by atomic mass is 19.1. The van der Waals surface area contributed by atoms with E-state index in [-0.39, 0.29) is 11.7 Å². The highest BCUT2D eigenvalue weighted by molar-refractivity contribution is 5.34. The van der Waals surface area contributed by atoms with Crippen molar-refractivity contribution in [1.82, 2.24) is 0 Å². The Morgan fingerprint density at radius 3 is 2.57 bits per heavy atom. The Kier molecular flexibility index (Phi) is 3.68. The van der Waals surface area contributed by atoms with Crippen LogP contribution in [0.2, 0.25) is 0 Å². The van der Waals surface area contributed by atoms with E-state index in [1.165, 1.54) is 0 Å². The summed E-state index contributed by atoms with van der Waals surface area (Å²) in [6.07, 6.45) is 1.71. The molecule has 0 amide bonds. The Morgan fingerprint density at radius 2 is 2.07 bits per heavy atom. The van der Waals surface area contributed by atoms with Gasteiger partial charge in [-0.2, -0.15) is 0 Å². The van der Waals surface area contributed by atoms with Crippen LogP contribution in [0.3, 0.4) is 0 Å². The summed E-state index contributed by atoms with van der Waals surface area (Å²) < 4.78 is 14.0. The largest absolute Gasteiger partial charge is 0.206 e. The minimum absolute atomic E-state index is 0.0156. The summed E-state index contributed by atoms with van der Waals surface area (Å²) in [5.41, 5.74) is 2.59. The fraction of sp³-hybridized carbons (Fsp3) is 0.538. The van der Waals surface area contributed by atoms with Gasteiger partial charge in [-0.25, -0.2) is 4.39 Å². The zero-order chi connectivity index (χ0) is 10.7. The molecule has 0 aromatic heterocycles. The van der Waals surface area contributed by atoms with E-state index in [0.29, 0.717) is 0 Å². The maximum atomic E-state index is 14.0. The third-order valence-electron chi connectivity index (χ3n) is 2.87. The van der Waals surface area contributed by atoms with E-state index in [1.54, 1.807) is 6.07 Å². The van der Waals surface area contributed by atoms with Crippen LogP contribution in [0, 0.1) is 18.8 Å². The zero-order valence-electron chi connectivity index (χ0n) is 9.45. The smallest absolute Gasteiger partial charge is 0.130 e. The van der Waals surface area contributed by atoms with Crippen molar-refractivity contribution in [1.29, 1.82) is 0 Å². The Hall–Kier alpha value is -0.850. The normalized spacial score (nSPS) is 12.9. The summed E-state index contributed by atoms with van der Waals surface area (Å²) in [6.45, 7) is 8.06. The third kappa shape index (κ3) is 1.97. The van der Waals surface area contributed by atoms with E-state index < -0.39 is 0 Å².